The van der Waals surface area contributed by atoms with E-state index < -0.39 is 0 Å². The molecule has 88 valence electrons. The third-order valence-corrected chi connectivity index (χ3v) is 4.35. The summed E-state index contributed by atoms with van der Waals surface area (Å²) in [6.07, 6.45) is 8.88. The molecule has 0 unspecified atom stereocenters. The molecule has 1 aliphatic heterocycles. The normalized spacial score (nSPS) is 25.4. The average Bonchev–Trinajstić information content (AvgIpc) is 3.09. The zero-order valence-corrected chi connectivity index (χ0v) is 10.6. The first-order valence-electron chi connectivity index (χ1n) is 6.15. The Morgan fingerprint density at radius 3 is 2.67 bits per heavy atom. The van der Waals surface area contributed by atoms with Gasteiger partial charge in [-0.1, -0.05) is 0 Å². The van der Waals surface area contributed by atoms with Crippen LogP contribution in [0.3, 0.4) is 0 Å². The predicted octanol–water partition coefficient (Wildman–Crippen LogP) is 2.29. The van der Waals surface area contributed by atoms with Crippen LogP contribution in [0.2, 0.25) is 0 Å². The zero-order valence-electron chi connectivity index (χ0n) is 9.76. The fourth-order valence-electron chi connectivity index (χ4n) is 2.29. The van der Waals surface area contributed by atoms with E-state index in [1.165, 1.54) is 44.4 Å². The highest BCUT2D eigenvalue weighted by Gasteiger charge is 2.33. The maximum absolute atomic E-state index is 5.49. The summed E-state index contributed by atoms with van der Waals surface area (Å²) in [6, 6.07) is 0.846. The van der Waals surface area contributed by atoms with Crippen molar-refractivity contribution in [1.29, 1.82) is 0 Å². The van der Waals surface area contributed by atoms with Gasteiger partial charge in [0.25, 0.3) is 0 Å². The molecule has 0 spiro atoms. The minimum atomic E-state index is 0.545. The second-order valence-electron chi connectivity index (χ2n) is 5.01. The maximum Gasteiger partial charge on any atom is 0.0471 e. The first kappa shape index (κ1) is 11.7. The Balaban J connectivity index is 1.80. The molecule has 1 N–H and O–H groups in total. The lowest BCUT2D eigenvalue weighted by Gasteiger charge is -2.37. The minimum Gasteiger partial charge on any atom is -0.381 e. The van der Waals surface area contributed by atoms with Crippen LogP contribution in [0.15, 0.2) is 0 Å². The molecule has 1 saturated heterocycles. The summed E-state index contributed by atoms with van der Waals surface area (Å²) in [5.41, 5.74) is 0.545. The molecule has 3 heteroatoms. The number of hydrogen-bond acceptors (Lipinski definition) is 3. The van der Waals surface area contributed by atoms with E-state index in [9.17, 15) is 0 Å². The molecule has 1 aliphatic carbocycles. The van der Waals surface area contributed by atoms with E-state index in [-0.39, 0.29) is 0 Å². The second kappa shape index (κ2) is 5.55. The van der Waals surface area contributed by atoms with Crippen molar-refractivity contribution in [2.24, 2.45) is 5.41 Å². The van der Waals surface area contributed by atoms with Gasteiger partial charge in [0, 0.05) is 25.8 Å². The van der Waals surface area contributed by atoms with Crippen molar-refractivity contribution in [1.82, 2.24) is 5.32 Å². The fraction of sp³-hybridized carbons (Fsp3) is 1.00. The predicted molar refractivity (Wildman–Crippen MR) is 66.5 cm³/mol. The summed E-state index contributed by atoms with van der Waals surface area (Å²) in [5, 5.41) is 3.71. The zero-order chi connectivity index (χ0) is 10.6. The van der Waals surface area contributed by atoms with Gasteiger partial charge < -0.3 is 10.1 Å². The van der Waals surface area contributed by atoms with E-state index in [4.69, 9.17) is 4.74 Å². The molecule has 0 aromatic heterocycles. The standard InChI is InChI=1S/C12H23NOS/c1-15-9-6-12(4-7-14-8-5-12)10-13-11-2-3-11/h11,13H,2-10H2,1H3. The van der Waals surface area contributed by atoms with Crippen LogP contribution >= 0.6 is 11.8 Å². The van der Waals surface area contributed by atoms with Gasteiger partial charge in [0.15, 0.2) is 0 Å². The number of nitrogens with one attached hydrogen (secondary N) is 1. The van der Waals surface area contributed by atoms with Crippen LogP contribution in [0.25, 0.3) is 0 Å². The highest BCUT2D eigenvalue weighted by atomic mass is 32.2. The van der Waals surface area contributed by atoms with E-state index in [2.05, 4.69) is 11.6 Å². The Bertz CT molecular complexity index is 188. The third kappa shape index (κ3) is 3.65. The topological polar surface area (TPSA) is 21.3 Å². The number of rotatable bonds is 6. The summed E-state index contributed by atoms with van der Waals surface area (Å²) in [6.45, 7) is 3.17. The van der Waals surface area contributed by atoms with Crippen molar-refractivity contribution >= 4 is 11.8 Å². The van der Waals surface area contributed by atoms with Crippen molar-refractivity contribution in [3.63, 3.8) is 0 Å². The van der Waals surface area contributed by atoms with E-state index in [0.717, 1.165) is 19.3 Å². The van der Waals surface area contributed by atoms with Gasteiger partial charge in [-0.2, -0.15) is 11.8 Å². The number of thioether (sulfide) groups is 1. The van der Waals surface area contributed by atoms with Gasteiger partial charge in [-0.15, -0.1) is 0 Å². The lowest BCUT2D eigenvalue weighted by molar-refractivity contribution is 0.0133. The van der Waals surface area contributed by atoms with E-state index >= 15 is 0 Å². The van der Waals surface area contributed by atoms with Crippen LogP contribution in [0, 0.1) is 5.41 Å². The molecule has 0 bridgehead atoms. The van der Waals surface area contributed by atoms with Gasteiger partial charge in [-0.3, -0.25) is 0 Å². The van der Waals surface area contributed by atoms with E-state index in [1.807, 2.05) is 11.8 Å². The highest BCUT2D eigenvalue weighted by Crippen LogP contribution is 2.35. The van der Waals surface area contributed by atoms with Crippen LogP contribution in [0.1, 0.15) is 32.1 Å². The molecule has 0 atom stereocenters. The lowest BCUT2D eigenvalue weighted by Crippen LogP contribution is -2.40. The highest BCUT2D eigenvalue weighted by molar-refractivity contribution is 7.98. The molecule has 2 aliphatic rings. The maximum atomic E-state index is 5.49. The first-order valence-corrected chi connectivity index (χ1v) is 7.54. The van der Waals surface area contributed by atoms with Crippen LogP contribution in [-0.2, 0) is 4.74 Å². The van der Waals surface area contributed by atoms with Gasteiger partial charge in [0.05, 0.1) is 0 Å². The average molecular weight is 229 g/mol. The molecule has 2 fully saturated rings. The smallest absolute Gasteiger partial charge is 0.0471 e. The number of hydrogen-bond donors (Lipinski definition) is 1. The molecule has 0 amide bonds. The number of ether oxygens (including phenoxy) is 1. The SMILES string of the molecule is CSCCC1(CNC2CC2)CCOCC1. The Morgan fingerprint density at radius 2 is 2.07 bits per heavy atom. The molecule has 15 heavy (non-hydrogen) atoms. The lowest BCUT2D eigenvalue weighted by atomic mass is 9.77. The molecule has 2 nitrogen and oxygen atoms in total. The minimum absolute atomic E-state index is 0.545. The first-order chi connectivity index (χ1) is 7.35. The van der Waals surface area contributed by atoms with Gasteiger partial charge in [0.1, 0.15) is 0 Å². The van der Waals surface area contributed by atoms with Gasteiger partial charge in [0.2, 0.25) is 0 Å². The van der Waals surface area contributed by atoms with Crippen LogP contribution in [0.4, 0.5) is 0 Å². The molecule has 0 radical (unpaired) electrons. The monoisotopic (exact) mass is 229 g/mol. The molecular weight excluding hydrogens is 206 g/mol. The Hall–Kier alpha value is 0.270. The van der Waals surface area contributed by atoms with Gasteiger partial charge in [-0.25, -0.2) is 0 Å². The van der Waals surface area contributed by atoms with Crippen LogP contribution in [-0.4, -0.2) is 37.8 Å². The quantitative estimate of drug-likeness (QED) is 0.755. The third-order valence-electron chi connectivity index (χ3n) is 3.73. The Kier molecular flexibility index (Phi) is 4.35. The summed E-state index contributed by atoms with van der Waals surface area (Å²) in [5.74, 6) is 1.30. The molecular formula is C12H23NOS. The van der Waals surface area contributed by atoms with Gasteiger partial charge in [-0.05, 0) is 49.5 Å². The summed E-state index contributed by atoms with van der Waals surface area (Å²) in [4.78, 5) is 0. The van der Waals surface area contributed by atoms with Crippen molar-refractivity contribution in [3.05, 3.63) is 0 Å². The molecule has 1 heterocycles. The van der Waals surface area contributed by atoms with Crippen LogP contribution in [0.5, 0.6) is 0 Å². The van der Waals surface area contributed by atoms with Crippen LogP contribution < -0.4 is 5.32 Å². The molecule has 0 aromatic carbocycles. The molecule has 0 aromatic rings. The van der Waals surface area contributed by atoms with Gasteiger partial charge >= 0.3 is 0 Å². The van der Waals surface area contributed by atoms with E-state index in [1.54, 1.807) is 0 Å². The molecule has 1 saturated carbocycles. The molecule has 2 rings (SSSR count). The van der Waals surface area contributed by atoms with Crippen molar-refractivity contribution in [3.8, 4) is 0 Å². The van der Waals surface area contributed by atoms with E-state index in [0.29, 0.717) is 5.41 Å². The van der Waals surface area contributed by atoms with Crippen molar-refractivity contribution in [2.45, 2.75) is 38.1 Å². The largest absolute Gasteiger partial charge is 0.381 e. The van der Waals surface area contributed by atoms with Crippen molar-refractivity contribution < 1.29 is 4.74 Å². The summed E-state index contributed by atoms with van der Waals surface area (Å²) < 4.78 is 5.49. The Labute approximate surface area is 97.5 Å². The Morgan fingerprint density at radius 1 is 1.33 bits per heavy atom. The van der Waals surface area contributed by atoms with Crippen molar-refractivity contribution in [2.75, 3.05) is 31.8 Å². The summed E-state index contributed by atoms with van der Waals surface area (Å²) in [7, 11) is 0. The second-order valence-corrected chi connectivity index (χ2v) is 6.00. The summed E-state index contributed by atoms with van der Waals surface area (Å²) >= 11 is 1.98. The fourth-order valence-corrected chi connectivity index (χ4v) is 2.92.